The largest absolute Gasteiger partial charge is 0.573 e. The molecule has 9 heteroatoms. The Hall–Kier alpha value is -2.94. The number of rotatable bonds is 5. The highest BCUT2D eigenvalue weighted by atomic mass is 19.4. The lowest BCUT2D eigenvalue weighted by Crippen LogP contribution is -2.46. The third kappa shape index (κ3) is 4.09. The van der Waals surface area contributed by atoms with E-state index in [1.165, 1.54) is 12.1 Å². The number of fused-ring (bicyclic) bond motifs is 1. The van der Waals surface area contributed by atoms with E-state index in [2.05, 4.69) is 32.1 Å². The molecule has 2 aromatic carbocycles. The Morgan fingerprint density at radius 1 is 1.06 bits per heavy atom. The maximum absolute atomic E-state index is 12.5. The monoisotopic (exact) mass is 445 g/mol. The van der Waals surface area contributed by atoms with Gasteiger partial charge >= 0.3 is 6.36 Å². The second-order valence-electron chi connectivity index (χ2n) is 8.43. The fourth-order valence-corrected chi connectivity index (χ4v) is 4.44. The van der Waals surface area contributed by atoms with Crippen LogP contribution in [-0.4, -0.2) is 53.5 Å². The number of likely N-dealkylation sites (N-methyl/N-ethyl adjacent to an activating group) is 1. The molecule has 6 nitrogen and oxygen atoms in total. The first-order chi connectivity index (χ1) is 15.3. The van der Waals surface area contributed by atoms with Gasteiger partial charge in [-0.3, -0.25) is 0 Å². The summed E-state index contributed by atoms with van der Waals surface area (Å²) in [6.45, 7) is 7.09. The summed E-state index contributed by atoms with van der Waals surface area (Å²) in [5.74, 6) is 0.501. The van der Waals surface area contributed by atoms with Crippen molar-refractivity contribution < 1.29 is 17.9 Å². The molecule has 0 spiro atoms. The number of alkyl halides is 3. The van der Waals surface area contributed by atoms with Crippen LogP contribution in [-0.2, 0) is 0 Å². The van der Waals surface area contributed by atoms with Gasteiger partial charge in [-0.2, -0.15) is 0 Å². The Labute approximate surface area is 184 Å². The van der Waals surface area contributed by atoms with E-state index in [9.17, 15) is 13.2 Å². The minimum absolute atomic E-state index is 0.243. The number of hydrogen-bond acceptors (Lipinski definition) is 5. The lowest BCUT2D eigenvalue weighted by Gasteiger charge is -2.36. The molecule has 2 fully saturated rings. The molecule has 170 valence electrons. The highest BCUT2D eigenvalue weighted by Crippen LogP contribution is 2.43. The van der Waals surface area contributed by atoms with Gasteiger partial charge < -0.3 is 24.8 Å². The topological polar surface area (TPSA) is 59.6 Å². The maximum Gasteiger partial charge on any atom is 0.573 e. The summed E-state index contributed by atoms with van der Waals surface area (Å²) in [6.07, 6.45) is -2.59. The Balaban J connectivity index is 1.51. The molecule has 2 aliphatic rings. The van der Waals surface area contributed by atoms with E-state index in [0.717, 1.165) is 73.7 Å². The van der Waals surface area contributed by atoms with Crippen molar-refractivity contribution in [3.8, 4) is 17.1 Å². The van der Waals surface area contributed by atoms with Crippen molar-refractivity contribution >= 4 is 22.4 Å². The van der Waals surface area contributed by atoms with Crippen LogP contribution < -0.4 is 15.4 Å². The summed E-state index contributed by atoms with van der Waals surface area (Å²) in [7, 11) is 0. The average molecular weight is 445 g/mol. The highest BCUT2D eigenvalue weighted by molar-refractivity contribution is 5.90. The van der Waals surface area contributed by atoms with Crippen LogP contribution in [0.15, 0.2) is 36.4 Å². The predicted molar refractivity (Wildman–Crippen MR) is 119 cm³/mol. The van der Waals surface area contributed by atoms with Crippen molar-refractivity contribution in [1.82, 2.24) is 14.5 Å². The van der Waals surface area contributed by atoms with Gasteiger partial charge in [-0.25, -0.2) is 4.98 Å². The molecule has 0 radical (unpaired) electrons. The number of piperazine rings is 1. The van der Waals surface area contributed by atoms with Crippen LogP contribution >= 0.6 is 0 Å². The number of hydrogen-bond donors (Lipinski definition) is 1. The average Bonchev–Trinajstić information content (AvgIpc) is 3.53. The zero-order valence-electron chi connectivity index (χ0n) is 17.9. The summed E-state index contributed by atoms with van der Waals surface area (Å²) in [4.78, 5) is 9.56. The molecule has 1 aromatic heterocycles. The molecular weight excluding hydrogens is 419 g/mol. The molecule has 32 heavy (non-hydrogen) atoms. The Morgan fingerprint density at radius 2 is 1.75 bits per heavy atom. The first-order valence-electron chi connectivity index (χ1n) is 11.0. The lowest BCUT2D eigenvalue weighted by molar-refractivity contribution is -0.274. The van der Waals surface area contributed by atoms with E-state index in [1.54, 1.807) is 12.1 Å². The number of aromatic nitrogens is 2. The first-order valence-corrected chi connectivity index (χ1v) is 11.0. The second-order valence-corrected chi connectivity index (χ2v) is 8.43. The summed E-state index contributed by atoms with van der Waals surface area (Å²) < 4.78 is 43.7. The Kier molecular flexibility index (Phi) is 5.16. The smallest absolute Gasteiger partial charge is 0.406 e. The van der Waals surface area contributed by atoms with Gasteiger partial charge in [0.05, 0.1) is 22.4 Å². The zero-order valence-corrected chi connectivity index (χ0v) is 17.9. The Morgan fingerprint density at radius 3 is 2.34 bits per heavy atom. The van der Waals surface area contributed by atoms with Crippen LogP contribution in [0.4, 0.5) is 24.5 Å². The van der Waals surface area contributed by atoms with Gasteiger partial charge in [-0.15, -0.1) is 13.2 Å². The van der Waals surface area contributed by atoms with Crippen LogP contribution in [0, 0.1) is 0 Å². The number of halogens is 3. The predicted octanol–water partition coefficient (Wildman–Crippen LogP) is 4.66. The number of anilines is 2. The summed E-state index contributed by atoms with van der Waals surface area (Å²) in [6, 6.07) is 10.3. The van der Waals surface area contributed by atoms with E-state index in [0.29, 0.717) is 11.7 Å². The number of nitrogen functional groups attached to an aromatic ring is 1. The van der Waals surface area contributed by atoms with Crippen LogP contribution in [0.1, 0.15) is 25.8 Å². The molecule has 1 aliphatic carbocycles. The van der Waals surface area contributed by atoms with E-state index in [1.807, 2.05) is 6.07 Å². The molecule has 5 rings (SSSR count). The number of imidazole rings is 1. The fraction of sp³-hybridized carbons (Fsp3) is 0.435. The van der Waals surface area contributed by atoms with E-state index in [4.69, 9.17) is 10.7 Å². The maximum atomic E-state index is 12.5. The molecular formula is C23H26F3N5O. The summed E-state index contributed by atoms with van der Waals surface area (Å²) in [5.41, 5.74) is 10.7. The van der Waals surface area contributed by atoms with Crippen LogP contribution in [0.2, 0.25) is 0 Å². The number of ether oxygens (including phenoxy) is 1. The molecule has 1 saturated carbocycles. The minimum Gasteiger partial charge on any atom is -0.406 e. The molecule has 0 amide bonds. The third-order valence-corrected chi connectivity index (χ3v) is 6.26. The van der Waals surface area contributed by atoms with E-state index < -0.39 is 6.36 Å². The van der Waals surface area contributed by atoms with Gasteiger partial charge in [0.2, 0.25) is 0 Å². The molecule has 0 atom stereocenters. The summed E-state index contributed by atoms with van der Waals surface area (Å²) >= 11 is 0. The van der Waals surface area contributed by atoms with Gasteiger partial charge in [0.25, 0.3) is 0 Å². The van der Waals surface area contributed by atoms with Gasteiger partial charge in [-0.05, 0) is 55.8 Å². The molecule has 2 heterocycles. The van der Waals surface area contributed by atoms with Crippen molar-refractivity contribution in [3.05, 3.63) is 36.4 Å². The quantitative estimate of drug-likeness (QED) is 0.579. The van der Waals surface area contributed by atoms with Crippen LogP contribution in [0.5, 0.6) is 5.75 Å². The van der Waals surface area contributed by atoms with E-state index >= 15 is 0 Å². The zero-order chi connectivity index (χ0) is 22.5. The standard InChI is InChI=1S/C23H26F3N5O/c1-2-29-9-11-30(12-10-29)20-14-21-19(13-18(20)27)28-22(31(21)16-5-6-16)15-3-7-17(8-4-15)32-23(24,25)26/h3-4,7-8,13-14,16H,2,5-6,9-12,27H2,1H3. The molecule has 3 aromatic rings. The molecule has 0 unspecified atom stereocenters. The highest BCUT2D eigenvalue weighted by Gasteiger charge is 2.32. The SMILES string of the molecule is CCN1CCN(c2cc3c(cc2N)nc(-c2ccc(OC(F)(F)F)cc2)n3C2CC2)CC1. The normalized spacial score (nSPS) is 17.8. The van der Waals surface area contributed by atoms with E-state index in [-0.39, 0.29) is 5.75 Å². The third-order valence-electron chi connectivity index (χ3n) is 6.26. The van der Waals surface area contributed by atoms with Crippen molar-refractivity contribution in [3.63, 3.8) is 0 Å². The number of nitrogens with zero attached hydrogens (tertiary/aromatic N) is 4. The van der Waals surface area contributed by atoms with Gasteiger partial charge in [0.15, 0.2) is 0 Å². The van der Waals surface area contributed by atoms with Crippen molar-refractivity contribution in [2.75, 3.05) is 43.4 Å². The number of benzene rings is 2. The molecule has 1 saturated heterocycles. The van der Waals surface area contributed by atoms with Gasteiger partial charge in [0.1, 0.15) is 11.6 Å². The molecule has 1 aliphatic heterocycles. The molecule has 2 N–H and O–H groups in total. The Bertz CT molecular complexity index is 1110. The number of nitrogens with two attached hydrogens (primary N) is 1. The lowest BCUT2D eigenvalue weighted by atomic mass is 10.2. The van der Waals surface area contributed by atoms with Gasteiger partial charge in [-0.1, -0.05) is 6.92 Å². The fourth-order valence-electron chi connectivity index (χ4n) is 4.44. The van der Waals surface area contributed by atoms with Crippen LogP contribution in [0.25, 0.3) is 22.4 Å². The first kappa shape index (κ1) is 20.9. The minimum atomic E-state index is -4.71. The van der Waals surface area contributed by atoms with Crippen molar-refractivity contribution in [2.24, 2.45) is 0 Å². The van der Waals surface area contributed by atoms with Crippen molar-refractivity contribution in [1.29, 1.82) is 0 Å². The molecule has 0 bridgehead atoms. The van der Waals surface area contributed by atoms with Crippen LogP contribution in [0.3, 0.4) is 0 Å². The van der Waals surface area contributed by atoms with Crippen molar-refractivity contribution in [2.45, 2.75) is 32.2 Å². The van der Waals surface area contributed by atoms with Gasteiger partial charge in [0, 0.05) is 37.8 Å². The summed E-state index contributed by atoms with van der Waals surface area (Å²) in [5, 5.41) is 0. The second kappa shape index (κ2) is 7.88.